The van der Waals surface area contributed by atoms with Gasteiger partial charge in [-0.25, -0.2) is 4.57 Å². The summed E-state index contributed by atoms with van der Waals surface area (Å²) in [5.74, 6) is -2.70. The van der Waals surface area contributed by atoms with E-state index in [1.807, 2.05) is 41.5 Å². The molecule has 0 saturated carbocycles. The summed E-state index contributed by atoms with van der Waals surface area (Å²) >= 11 is 0. The zero-order chi connectivity index (χ0) is 28.2. The van der Waals surface area contributed by atoms with E-state index in [0.717, 1.165) is 0 Å². The van der Waals surface area contributed by atoms with Gasteiger partial charge in [-0.3, -0.25) is 13.6 Å². The van der Waals surface area contributed by atoms with Crippen LogP contribution >= 0.6 is 32.9 Å². The molecule has 10 nitrogen and oxygen atoms in total. The number of hydrogen-bond donors (Lipinski definition) is 0. The molecule has 3 fully saturated rings. The first kappa shape index (κ1) is 32.9. The fourth-order valence-electron chi connectivity index (χ4n) is 3.08. The smallest absolute Gasteiger partial charge is 0.331 e. The van der Waals surface area contributed by atoms with Crippen LogP contribution in [-0.4, -0.2) is 57.2 Å². The molecule has 0 radical (unpaired) electrons. The molecule has 38 heavy (non-hydrogen) atoms. The van der Waals surface area contributed by atoms with Gasteiger partial charge in [0.1, 0.15) is 0 Å². The second-order valence-corrected chi connectivity index (χ2v) is 17.9. The van der Waals surface area contributed by atoms with Gasteiger partial charge >= 0.3 is 7.82 Å². The number of rotatable bonds is 12. The molecule has 3 aliphatic heterocycles. The largest absolute Gasteiger partial charge is 0.478 e. The van der Waals surface area contributed by atoms with Crippen LogP contribution in [0.2, 0.25) is 0 Å². The van der Waals surface area contributed by atoms with Crippen molar-refractivity contribution in [3.63, 3.8) is 0 Å². The van der Waals surface area contributed by atoms with Gasteiger partial charge in [0, 0.05) is 16.2 Å². The van der Waals surface area contributed by atoms with E-state index in [1.165, 1.54) is 18.2 Å². The first-order valence-electron chi connectivity index (χ1n) is 12.4. The molecular weight excluding hydrogens is 572 g/mol. The van der Waals surface area contributed by atoms with E-state index in [0.29, 0.717) is 39.6 Å². The van der Waals surface area contributed by atoms with Crippen LogP contribution in [0.3, 0.4) is 0 Å². The lowest BCUT2D eigenvalue weighted by Gasteiger charge is -2.39. The molecule has 3 saturated heterocycles. The van der Waals surface area contributed by atoms with Crippen LogP contribution in [-0.2, 0) is 45.3 Å². The summed E-state index contributed by atoms with van der Waals surface area (Å²) < 4.78 is 67.8. The van der Waals surface area contributed by atoms with E-state index in [9.17, 15) is 4.57 Å². The predicted octanol–water partition coefficient (Wildman–Crippen LogP) is 7.84. The molecule has 0 aliphatic carbocycles. The van der Waals surface area contributed by atoms with E-state index < -0.39 is 50.5 Å². The summed E-state index contributed by atoms with van der Waals surface area (Å²) in [7, 11) is -9.21. The highest BCUT2D eigenvalue weighted by Gasteiger charge is 2.46. The minimum atomic E-state index is -4.38. The first-order valence-corrected chi connectivity index (χ1v) is 17.6. The highest BCUT2D eigenvalue weighted by Crippen LogP contribution is 2.66. The molecule has 3 rings (SSSR count). The van der Waals surface area contributed by atoms with Crippen LogP contribution < -0.4 is 0 Å². The Labute approximate surface area is 231 Å². The van der Waals surface area contributed by atoms with Crippen LogP contribution in [0.25, 0.3) is 0 Å². The molecule has 3 atom stereocenters. The summed E-state index contributed by atoms with van der Waals surface area (Å²) in [6.45, 7) is 26.4. The minimum absolute atomic E-state index is 0.152. The lowest BCUT2D eigenvalue weighted by atomic mass is 9.97. The molecule has 0 bridgehead atoms. The monoisotopic (exact) mass is 614 g/mol. The van der Waals surface area contributed by atoms with E-state index in [2.05, 4.69) is 19.7 Å². The Morgan fingerprint density at radius 3 is 0.974 bits per heavy atom. The Morgan fingerprint density at radius 1 is 0.579 bits per heavy atom. The summed E-state index contributed by atoms with van der Waals surface area (Å²) in [6.07, 6.45) is 4.41. The van der Waals surface area contributed by atoms with Gasteiger partial charge in [-0.05, 0) is 0 Å². The van der Waals surface area contributed by atoms with Gasteiger partial charge in [-0.1, -0.05) is 79.5 Å². The van der Waals surface area contributed by atoms with Crippen molar-refractivity contribution in [3.05, 3.63) is 38.0 Å². The Hall–Kier alpha value is 0.380. The third-order valence-electron chi connectivity index (χ3n) is 5.43. The van der Waals surface area contributed by atoms with Gasteiger partial charge in [-0.2, -0.15) is 0 Å². The normalized spacial score (nSPS) is 28.5. The van der Waals surface area contributed by atoms with Gasteiger partial charge in [0.25, 0.3) is 0 Å². The van der Waals surface area contributed by atoms with Crippen molar-refractivity contribution in [2.45, 2.75) is 59.1 Å². The molecule has 3 unspecified atom stereocenters. The van der Waals surface area contributed by atoms with Gasteiger partial charge in [-0.15, -0.1) is 0 Å². The topological polar surface area (TPSA) is 100 Å². The van der Waals surface area contributed by atoms with Crippen molar-refractivity contribution < 1.29 is 45.3 Å². The van der Waals surface area contributed by atoms with E-state index in [-0.39, 0.29) is 16.2 Å². The molecule has 3 aliphatic rings. The quantitative estimate of drug-likeness (QED) is 0.160. The summed E-state index contributed by atoms with van der Waals surface area (Å²) in [6, 6.07) is 0. The summed E-state index contributed by atoms with van der Waals surface area (Å²) in [4.78, 5) is 0. The number of hydrogen-bond acceptors (Lipinski definition) is 10. The maximum Gasteiger partial charge on any atom is 0.478 e. The lowest BCUT2D eigenvalue weighted by Crippen LogP contribution is -2.32. The van der Waals surface area contributed by atoms with Crippen LogP contribution in [0.5, 0.6) is 0 Å². The van der Waals surface area contributed by atoms with Crippen LogP contribution in [0.1, 0.15) is 41.5 Å². The van der Waals surface area contributed by atoms with Crippen molar-refractivity contribution in [1.82, 2.24) is 0 Å². The standard InChI is InChI=1S/C24H42O10P4/c1-10-19(35-26-13-22(4,5)14-27-35)32-38(25,33-20(11-2)36-28-15-23(6,7)16-29-36)34-21(12-3)37-30-17-24(8,9)18-31-37/h10-12,19-21H,1-3,13-18H2,4-9H3. The molecular formula is C24H42O10P4. The summed E-state index contributed by atoms with van der Waals surface area (Å²) in [5.41, 5.74) is -0.455. The molecule has 3 heterocycles. The van der Waals surface area contributed by atoms with Crippen molar-refractivity contribution in [2.75, 3.05) is 39.6 Å². The molecule has 0 aromatic carbocycles. The highest BCUT2D eigenvalue weighted by atomic mass is 31.2. The third kappa shape index (κ3) is 9.46. The number of phosphoric acid groups is 1. The second-order valence-electron chi connectivity index (χ2n) is 11.6. The molecule has 0 spiro atoms. The van der Waals surface area contributed by atoms with Crippen molar-refractivity contribution in [2.24, 2.45) is 16.2 Å². The Bertz CT molecular complexity index is 743. The average molecular weight is 614 g/mol. The SMILES string of the molecule is C=CC(OP(=O)(OC(C=C)P1OCC(C)(C)CO1)OC(C=C)P1OCC(C)(C)CO1)P1OCC(C)(C)CO1. The maximum atomic E-state index is 14.3. The molecule has 14 heteroatoms. The summed E-state index contributed by atoms with van der Waals surface area (Å²) in [5, 5.41) is 0. The van der Waals surface area contributed by atoms with Crippen molar-refractivity contribution in [3.8, 4) is 0 Å². The van der Waals surface area contributed by atoms with Crippen molar-refractivity contribution in [1.29, 1.82) is 0 Å². The van der Waals surface area contributed by atoms with E-state index >= 15 is 0 Å². The minimum Gasteiger partial charge on any atom is -0.331 e. The van der Waals surface area contributed by atoms with E-state index in [1.54, 1.807) is 0 Å². The Morgan fingerprint density at radius 2 is 0.789 bits per heavy atom. The van der Waals surface area contributed by atoms with Gasteiger partial charge in [0.05, 0.1) is 39.6 Å². The van der Waals surface area contributed by atoms with Crippen LogP contribution in [0, 0.1) is 16.2 Å². The van der Waals surface area contributed by atoms with Gasteiger partial charge < -0.3 is 27.1 Å². The Balaban J connectivity index is 1.80. The van der Waals surface area contributed by atoms with Gasteiger partial charge in [0.2, 0.25) is 25.1 Å². The molecule has 0 aromatic rings. The second kappa shape index (κ2) is 13.6. The van der Waals surface area contributed by atoms with Crippen LogP contribution in [0.15, 0.2) is 38.0 Å². The maximum absolute atomic E-state index is 14.3. The fraction of sp³-hybridized carbons (Fsp3) is 0.750. The Kier molecular flexibility index (Phi) is 11.7. The third-order valence-corrected chi connectivity index (χ3v) is 11.9. The first-order chi connectivity index (χ1) is 17.7. The fourth-order valence-corrected chi connectivity index (χ4v) is 10.7. The zero-order valence-corrected chi connectivity index (χ0v) is 26.8. The highest BCUT2D eigenvalue weighted by molar-refractivity contribution is 7.54. The molecule has 0 aromatic heterocycles. The van der Waals surface area contributed by atoms with Crippen LogP contribution in [0.4, 0.5) is 0 Å². The van der Waals surface area contributed by atoms with E-state index in [4.69, 9.17) is 40.7 Å². The zero-order valence-electron chi connectivity index (χ0n) is 23.2. The van der Waals surface area contributed by atoms with Gasteiger partial charge in [0.15, 0.2) is 17.5 Å². The van der Waals surface area contributed by atoms with Crippen molar-refractivity contribution >= 4 is 32.9 Å². The lowest BCUT2D eigenvalue weighted by molar-refractivity contribution is 0.0300. The molecule has 0 N–H and O–H groups in total. The number of phosphoric ester groups is 1. The predicted molar refractivity (Wildman–Crippen MR) is 151 cm³/mol. The molecule has 218 valence electrons. The average Bonchev–Trinajstić information content (AvgIpc) is 2.85. The molecule has 0 amide bonds.